The van der Waals surface area contributed by atoms with Crippen LogP contribution in [0.25, 0.3) is 0 Å². The highest BCUT2D eigenvalue weighted by Crippen LogP contribution is 2.31. The van der Waals surface area contributed by atoms with Crippen molar-refractivity contribution in [3.8, 4) is 0 Å². The minimum Gasteiger partial charge on any atom is -0.399 e. The normalized spacial score (nSPS) is 21.2. The lowest BCUT2D eigenvalue weighted by molar-refractivity contribution is 0.0464. The van der Waals surface area contributed by atoms with Gasteiger partial charge in [-0.3, -0.25) is 4.79 Å². The van der Waals surface area contributed by atoms with Gasteiger partial charge in [-0.1, -0.05) is 0 Å². The van der Waals surface area contributed by atoms with Gasteiger partial charge in [-0.2, -0.15) is 0 Å². The molecule has 1 aromatic carbocycles. The Kier molecular flexibility index (Phi) is 4.18. The molecule has 20 heavy (non-hydrogen) atoms. The van der Waals surface area contributed by atoms with Crippen molar-refractivity contribution in [3.05, 3.63) is 23.8 Å². The molecule has 0 aliphatic heterocycles. The number of rotatable bonds is 4. The van der Waals surface area contributed by atoms with Crippen molar-refractivity contribution >= 4 is 17.3 Å². The zero-order chi connectivity index (χ0) is 14.9. The van der Waals surface area contributed by atoms with Crippen LogP contribution < -0.4 is 10.6 Å². The first-order valence-electron chi connectivity index (χ1n) is 6.89. The van der Waals surface area contributed by atoms with Crippen molar-refractivity contribution in [1.82, 2.24) is 4.90 Å². The molecule has 5 heteroatoms. The molecule has 0 aromatic heterocycles. The third-order valence-electron chi connectivity index (χ3n) is 3.81. The summed E-state index contributed by atoms with van der Waals surface area (Å²) in [6.07, 6.45) is 1.52. The third kappa shape index (κ3) is 3.04. The van der Waals surface area contributed by atoms with Gasteiger partial charge in [0.2, 0.25) is 0 Å². The van der Waals surface area contributed by atoms with E-state index in [1.807, 2.05) is 13.1 Å². The molecule has 0 spiro atoms. The van der Waals surface area contributed by atoms with Crippen molar-refractivity contribution in [1.29, 1.82) is 0 Å². The molecule has 1 aromatic rings. The van der Waals surface area contributed by atoms with Crippen molar-refractivity contribution in [2.75, 3.05) is 38.3 Å². The van der Waals surface area contributed by atoms with Crippen LogP contribution in [0, 0.1) is 5.92 Å². The Morgan fingerprint density at radius 2 is 2.00 bits per heavy atom. The Morgan fingerprint density at radius 3 is 2.55 bits per heavy atom. The van der Waals surface area contributed by atoms with E-state index in [-0.39, 0.29) is 12.0 Å². The first-order valence-corrected chi connectivity index (χ1v) is 6.89. The highest BCUT2D eigenvalue weighted by molar-refractivity contribution is 6.00. The predicted molar refractivity (Wildman–Crippen MR) is 80.9 cm³/mol. The number of aliphatic hydroxyl groups is 1. The second-order valence-corrected chi connectivity index (χ2v) is 5.85. The zero-order valence-corrected chi connectivity index (χ0v) is 12.3. The summed E-state index contributed by atoms with van der Waals surface area (Å²) < 4.78 is 0. The van der Waals surface area contributed by atoms with Gasteiger partial charge in [0.1, 0.15) is 0 Å². The van der Waals surface area contributed by atoms with Crippen LogP contribution in [0.1, 0.15) is 23.2 Å². The van der Waals surface area contributed by atoms with Crippen LogP contribution in [0.5, 0.6) is 0 Å². The Morgan fingerprint density at radius 1 is 1.35 bits per heavy atom. The van der Waals surface area contributed by atoms with Gasteiger partial charge in [0.05, 0.1) is 17.4 Å². The molecule has 1 aliphatic carbocycles. The quantitative estimate of drug-likeness (QED) is 0.811. The molecule has 1 fully saturated rings. The Bertz CT molecular complexity index is 496. The van der Waals surface area contributed by atoms with E-state index in [9.17, 15) is 9.90 Å². The molecule has 2 rings (SSSR count). The van der Waals surface area contributed by atoms with Gasteiger partial charge in [-0.15, -0.1) is 0 Å². The lowest BCUT2D eigenvalue weighted by Gasteiger charge is -2.35. The first kappa shape index (κ1) is 14.7. The van der Waals surface area contributed by atoms with Gasteiger partial charge in [0.15, 0.2) is 0 Å². The summed E-state index contributed by atoms with van der Waals surface area (Å²) in [5.41, 5.74) is 8.01. The average molecular weight is 277 g/mol. The average Bonchev–Trinajstić information content (AvgIpc) is 2.35. The number of nitrogen functional groups attached to an aromatic ring is 1. The molecule has 1 amide bonds. The molecule has 0 unspecified atom stereocenters. The fraction of sp³-hybridized carbons (Fsp3) is 0.533. The van der Waals surface area contributed by atoms with E-state index >= 15 is 0 Å². The highest BCUT2D eigenvalue weighted by Gasteiger charge is 2.29. The zero-order valence-electron chi connectivity index (χ0n) is 12.3. The third-order valence-corrected chi connectivity index (χ3v) is 3.81. The molecular weight excluding hydrogens is 254 g/mol. The molecule has 3 N–H and O–H groups in total. The molecule has 1 saturated carbocycles. The molecule has 0 bridgehead atoms. The minimum absolute atomic E-state index is 0.0273. The maximum atomic E-state index is 12.2. The number of aliphatic hydroxyl groups excluding tert-OH is 1. The highest BCUT2D eigenvalue weighted by atomic mass is 16.3. The number of hydrogen-bond acceptors (Lipinski definition) is 4. The summed E-state index contributed by atoms with van der Waals surface area (Å²) >= 11 is 0. The Hall–Kier alpha value is -1.75. The lowest BCUT2D eigenvalue weighted by atomic mass is 9.82. The first-order chi connectivity index (χ1) is 9.38. The van der Waals surface area contributed by atoms with Crippen LogP contribution in [-0.4, -0.2) is 49.7 Å². The van der Waals surface area contributed by atoms with Crippen molar-refractivity contribution in [2.45, 2.75) is 18.9 Å². The number of carbonyl (C=O) groups is 1. The summed E-state index contributed by atoms with van der Waals surface area (Å²) in [6.45, 7) is 0.828. The predicted octanol–water partition coefficient (Wildman–Crippen LogP) is 1.18. The maximum Gasteiger partial charge on any atom is 0.255 e. The SMILES string of the molecule is CN(C)C(=O)c1ccc(N)cc1N(C)CC1CC(O)C1. The second kappa shape index (κ2) is 5.71. The topological polar surface area (TPSA) is 69.8 Å². The van der Waals surface area contributed by atoms with Crippen LogP contribution in [0.2, 0.25) is 0 Å². The number of anilines is 2. The largest absolute Gasteiger partial charge is 0.399 e. The second-order valence-electron chi connectivity index (χ2n) is 5.85. The molecule has 1 aliphatic rings. The fourth-order valence-electron chi connectivity index (χ4n) is 2.62. The van der Waals surface area contributed by atoms with Crippen molar-refractivity contribution < 1.29 is 9.90 Å². The Balaban J connectivity index is 2.20. The van der Waals surface area contributed by atoms with Crippen LogP contribution in [-0.2, 0) is 0 Å². The summed E-state index contributed by atoms with van der Waals surface area (Å²) in [5, 5.41) is 9.36. The van der Waals surface area contributed by atoms with Crippen LogP contribution in [0.4, 0.5) is 11.4 Å². The van der Waals surface area contributed by atoms with Crippen LogP contribution in [0.15, 0.2) is 18.2 Å². The lowest BCUT2D eigenvalue weighted by Crippen LogP contribution is -2.38. The Labute approximate surface area is 120 Å². The maximum absolute atomic E-state index is 12.2. The smallest absolute Gasteiger partial charge is 0.255 e. The summed E-state index contributed by atoms with van der Waals surface area (Å²) in [5.74, 6) is 0.458. The van der Waals surface area contributed by atoms with Gasteiger partial charge < -0.3 is 20.6 Å². The number of amides is 1. The van der Waals surface area contributed by atoms with Gasteiger partial charge >= 0.3 is 0 Å². The molecule has 0 atom stereocenters. The number of carbonyl (C=O) groups excluding carboxylic acids is 1. The molecule has 0 heterocycles. The number of nitrogens with two attached hydrogens (primary N) is 1. The monoisotopic (exact) mass is 277 g/mol. The number of benzene rings is 1. The van der Waals surface area contributed by atoms with Gasteiger partial charge in [-0.05, 0) is 37.0 Å². The van der Waals surface area contributed by atoms with E-state index in [0.29, 0.717) is 17.2 Å². The van der Waals surface area contributed by atoms with Crippen molar-refractivity contribution in [2.24, 2.45) is 5.92 Å². The van der Waals surface area contributed by atoms with E-state index < -0.39 is 0 Å². The minimum atomic E-state index is -0.155. The van der Waals surface area contributed by atoms with Crippen molar-refractivity contribution in [3.63, 3.8) is 0 Å². The fourth-order valence-corrected chi connectivity index (χ4v) is 2.62. The van der Waals surface area contributed by atoms with Crippen LogP contribution in [0.3, 0.4) is 0 Å². The number of hydrogen-bond donors (Lipinski definition) is 2. The number of nitrogens with zero attached hydrogens (tertiary/aromatic N) is 2. The van der Waals surface area contributed by atoms with E-state index in [1.54, 1.807) is 31.1 Å². The molecular formula is C15H23N3O2. The molecule has 110 valence electrons. The summed E-state index contributed by atoms with van der Waals surface area (Å²) in [4.78, 5) is 15.8. The van der Waals surface area contributed by atoms with Gasteiger partial charge in [-0.25, -0.2) is 0 Å². The van der Waals surface area contributed by atoms with Gasteiger partial charge in [0, 0.05) is 33.4 Å². The van der Waals surface area contributed by atoms with E-state index in [0.717, 1.165) is 25.1 Å². The molecule has 5 nitrogen and oxygen atoms in total. The summed E-state index contributed by atoms with van der Waals surface area (Å²) in [6, 6.07) is 5.37. The molecule has 0 radical (unpaired) electrons. The van der Waals surface area contributed by atoms with Gasteiger partial charge in [0.25, 0.3) is 5.91 Å². The van der Waals surface area contributed by atoms with E-state index in [2.05, 4.69) is 4.90 Å². The van der Waals surface area contributed by atoms with E-state index in [1.165, 1.54) is 0 Å². The van der Waals surface area contributed by atoms with E-state index in [4.69, 9.17) is 5.73 Å². The standard InChI is InChI=1S/C15H23N3O2/c1-17(2)15(20)13-5-4-11(16)8-14(13)18(3)9-10-6-12(19)7-10/h4-5,8,10,12,19H,6-7,9,16H2,1-3H3. The van der Waals surface area contributed by atoms with Crippen LogP contribution >= 0.6 is 0 Å². The summed E-state index contributed by atoms with van der Waals surface area (Å²) in [7, 11) is 5.45. The molecule has 0 saturated heterocycles.